The lowest BCUT2D eigenvalue weighted by molar-refractivity contribution is -0.144. The van der Waals surface area contributed by atoms with E-state index in [1.165, 1.54) is 16.2 Å². The van der Waals surface area contributed by atoms with Gasteiger partial charge in [0.05, 0.1) is 72.2 Å². The first-order chi connectivity index (χ1) is 37.4. The number of nitrogens with one attached hydrogen (secondary N) is 3. The largest absolute Gasteiger partial charge is 0.391 e. The number of piperidine rings is 1. The molecule has 0 bridgehead atoms. The van der Waals surface area contributed by atoms with Crippen LogP contribution < -0.4 is 15.5 Å². The van der Waals surface area contributed by atoms with E-state index < -0.39 is 34.9 Å². The van der Waals surface area contributed by atoms with Crippen molar-refractivity contribution in [1.29, 1.82) is 5.26 Å². The highest BCUT2D eigenvalue weighted by Crippen LogP contribution is 2.46. The van der Waals surface area contributed by atoms with Crippen LogP contribution in [-0.2, 0) is 47.0 Å². The number of amides is 4. The number of ether oxygens (including phenoxy) is 2. The number of β-amino-alcohol motifs (C(OH)–C–C–N with tert-alkyl or cyclic N) is 1. The summed E-state index contributed by atoms with van der Waals surface area (Å²) in [5.74, 6) is -1.07. The van der Waals surface area contributed by atoms with Gasteiger partial charge in [0.25, 0.3) is 0 Å². The summed E-state index contributed by atoms with van der Waals surface area (Å²) in [5, 5.41) is 26.8. The number of aromatic amines is 1. The number of piperazine rings is 1. The molecule has 4 N–H and O–H groups in total. The number of likely N-dealkylation sites (tertiary alicyclic amines) is 1. The maximum atomic E-state index is 14.2. The minimum atomic E-state index is -0.944. The molecule has 3 saturated heterocycles. The molecule has 78 heavy (non-hydrogen) atoms. The van der Waals surface area contributed by atoms with Gasteiger partial charge in [-0.2, -0.15) is 5.26 Å². The fourth-order valence-corrected chi connectivity index (χ4v) is 12.6. The number of ketones is 1. The molecule has 3 aromatic carbocycles. The summed E-state index contributed by atoms with van der Waals surface area (Å²) >= 11 is 1.57. The van der Waals surface area contributed by atoms with Crippen molar-refractivity contribution >= 4 is 57.3 Å². The van der Waals surface area contributed by atoms with Gasteiger partial charge in [0.1, 0.15) is 12.1 Å². The van der Waals surface area contributed by atoms with E-state index in [1.807, 2.05) is 74.5 Å². The van der Waals surface area contributed by atoms with Gasteiger partial charge in [-0.1, -0.05) is 71.9 Å². The van der Waals surface area contributed by atoms with Crippen LogP contribution in [0.2, 0.25) is 0 Å². The Morgan fingerprint density at radius 2 is 1.65 bits per heavy atom. The Kier molecular flexibility index (Phi) is 17.2. The topological polar surface area (TPSA) is 214 Å². The molecule has 0 radical (unpaired) electrons. The first-order valence-electron chi connectivity index (χ1n) is 27.6. The average molecular weight is 1080 g/mol. The van der Waals surface area contributed by atoms with Gasteiger partial charge >= 0.3 is 0 Å². The standard InChI is InChI=1S/C60H75N9O8S/c1-8-40-30-45-46(60(6,7)55-52(53(45)73)44-14-11-39(33-61)29-47(44)64-55)32-48(40)67-19-15-42(16-20-67)66-21-23-68(24-22-66)51(72)18-26-77-28-27-76-25-17-50(71)65-56(59(3,4)5)58(75)69-35-43(70)31-49(69)57(74)62-34-38-9-12-41(13-10-38)54-37(2)63-36-78-54/h9-14,29-30,32,36,42-43,49,56,64,70H,8,15-28,31,34-35H2,1-7H3,(H,62,74)(H,65,71)/t43-,49+,56?/m1/s1. The molecule has 0 saturated carbocycles. The Morgan fingerprint density at radius 1 is 0.949 bits per heavy atom. The molecule has 3 fully saturated rings. The Balaban J connectivity index is 0.660. The average Bonchev–Trinajstić information content (AvgIpc) is 4.32. The molecule has 414 valence electrons. The van der Waals surface area contributed by atoms with E-state index in [1.54, 1.807) is 17.4 Å². The Labute approximate surface area is 461 Å². The summed E-state index contributed by atoms with van der Waals surface area (Å²) in [7, 11) is 0. The summed E-state index contributed by atoms with van der Waals surface area (Å²) in [6.45, 7) is 19.9. The highest BCUT2D eigenvalue weighted by atomic mass is 32.1. The highest BCUT2D eigenvalue weighted by Gasteiger charge is 2.45. The Bertz CT molecular complexity index is 3060. The van der Waals surface area contributed by atoms with E-state index in [4.69, 9.17) is 9.47 Å². The van der Waals surface area contributed by atoms with E-state index in [2.05, 4.69) is 69.4 Å². The Hall–Kier alpha value is -6.49. The van der Waals surface area contributed by atoms with Gasteiger partial charge in [-0.05, 0) is 78.1 Å². The van der Waals surface area contributed by atoms with Crippen LogP contribution in [0, 0.1) is 23.7 Å². The number of thiazole rings is 1. The second-order valence-corrected chi connectivity index (χ2v) is 23.7. The number of benzene rings is 3. The van der Waals surface area contributed by atoms with Crippen molar-refractivity contribution in [1.82, 2.24) is 35.3 Å². The maximum Gasteiger partial charge on any atom is 0.246 e. The van der Waals surface area contributed by atoms with Gasteiger partial charge in [0, 0.05) is 105 Å². The normalized spacial score (nSPS) is 19.1. The van der Waals surface area contributed by atoms with Crippen molar-refractivity contribution in [3.63, 3.8) is 0 Å². The van der Waals surface area contributed by atoms with Crippen LogP contribution >= 0.6 is 11.3 Å². The van der Waals surface area contributed by atoms with Crippen LogP contribution in [0.5, 0.6) is 0 Å². The molecular formula is C60H75N9O8S. The number of hydrogen-bond acceptors (Lipinski definition) is 13. The number of aryl methyl sites for hydroxylation is 2. The quantitative estimate of drug-likeness (QED) is 0.0681. The van der Waals surface area contributed by atoms with E-state index in [0.717, 1.165) is 94.9 Å². The molecule has 1 unspecified atom stereocenters. The number of aromatic nitrogens is 2. The molecule has 17 nitrogen and oxygen atoms in total. The molecular weight excluding hydrogens is 1010 g/mol. The third-order valence-electron chi connectivity index (χ3n) is 16.3. The molecule has 3 atom stereocenters. The van der Waals surface area contributed by atoms with Gasteiger partial charge in [-0.3, -0.25) is 28.9 Å². The lowest BCUT2D eigenvalue weighted by atomic mass is 9.70. The zero-order valence-electron chi connectivity index (χ0n) is 46.2. The molecule has 2 aromatic heterocycles. The van der Waals surface area contributed by atoms with Crippen molar-refractivity contribution in [3.8, 4) is 16.5 Å². The smallest absolute Gasteiger partial charge is 0.246 e. The van der Waals surface area contributed by atoms with Gasteiger partial charge < -0.3 is 44.9 Å². The van der Waals surface area contributed by atoms with Crippen molar-refractivity contribution in [2.45, 2.75) is 123 Å². The van der Waals surface area contributed by atoms with E-state index in [9.17, 15) is 34.3 Å². The molecule has 18 heteroatoms. The fraction of sp³-hybridized carbons (Fsp3) is 0.517. The number of H-pyrrole nitrogens is 1. The van der Waals surface area contributed by atoms with E-state index >= 15 is 0 Å². The zero-order chi connectivity index (χ0) is 55.5. The first kappa shape index (κ1) is 56.2. The first-order valence-corrected chi connectivity index (χ1v) is 28.5. The van der Waals surface area contributed by atoms with E-state index in [0.29, 0.717) is 30.3 Å². The lowest BCUT2D eigenvalue weighted by Gasteiger charge is -2.44. The van der Waals surface area contributed by atoms with Crippen molar-refractivity contribution in [2.24, 2.45) is 5.41 Å². The lowest BCUT2D eigenvalue weighted by Crippen LogP contribution is -2.57. The summed E-state index contributed by atoms with van der Waals surface area (Å²) in [5.41, 5.74) is 10.7. The summed E-state index contributed by atoms with van der Waals surface area (Å²) in [4.78, 5) is 85.3. The molecule has 0 spiro atoms. The van der Waals surface area contributed by atoms with Gasteiger partial charge in [0.2, 0.25) is 23.6 Å². The monoisotopic (exact) mass is 1080 g/mol. The molecule has 9 rings (SSSR count). The predicted molar refractivity (Wildman–Crippen MR) is 300 cm³/mol. The zero-order valence-corrected chi connectivity index (χ0v) is 47.0. The second kappa shape index (κ2) is 23.9. The number of carbonyl (C=O) groups is 5. The van der Waals surface area contributed by atoms with Crippen molar-refractivity contribution in [3.05, 3.63) is 105 Å². The number of rotatable bonds is 18. The van der Waals surface area contributed by atoms with Crippen LogP contribution in [-0.4, -0.2) is 156 Å². The fourth-order valence-electron chi connectivity index (χ4n) is 11.8. The third-order valence-corrected chi connectivity index (χ3v) is 17.3. The van der Waals surface area contributed by atoms with Crippen LogP contribution in [0.4, 0.5) is 5.69 Å². The number of hydrogen-bond donors (Lipinski definition) is 4. The minimum absolute atomic E-state index is 0.00841. The molecule has 5 aromatic rings. The molecule has 4 aliphatic rings. The number of fused-ring (bicyclic) bond motifs is 4. The number of aliphatic hydroxyl groups excluding tert-OH is 1. The summed E-state index contributed by atoms with van der Waals surface area (Å²) < 4.78 is 11.4. The molecule has 5 heterocycles. The van der Waals surface area contributed by atoms with Crippen LogP contribution in [0.15, 0.2) is 60.1 Å². The molecule has 3 aliphatic heterocycles. The number of nitriles is 1. The predicted octanol–water partition coefficient (Wildman–Crippen LogP) is 6.64. The van der Waals surface area contributed by atoms with Gasteiger partial charge in [-0.15, -0.1) is 11.3 Å². The van der Waals surface area contributed by atoms with Crippen LogP contribution in [0.1, 0.15) is 123 Å². The van der Waals surface area contributed by atoms with Crippen molar-refractivity contribution in [2.75, 3.05) is 77.1 Å². The van der Waals surface area contributed by atoms with E-state index in [-0.39, 0.29) is 82.3 Å². The number of aliphatic hydroxyl groups is 1. The Morgan fingerprint density at radius 3 is 2.31 bits per heavy atom. The molecule has 4 amide bonds. The SMILES string of the molecule is CCc1cc2c(cc1N1CCC(N3CCN(C(=O)CCOCCOCCC(=O)NC(C(=O)N4C[C@H](O)C[C@H]4C(=O)NCc4ccc(-c5scnc5C)cc4)C(C)(C)C)CC3)CC1)C(C)(C)c1[nH]c3cc(C#N)ccc3c1C2=O. The number of anilines is 1. The van der Waals surface area contributed by atoms with Gasteiger partial charge in [0.15, 0.2) is 5.78 Å². The number of nitrogens with zero attached hydrogens (tertiary/aromatic N) is 6. The number of carbonyl (C=O) groups excluding carboxylic acids is 5. The maximum absolute atomic E-state index is 14.2. The molecule has 1 aliphatic carbocycles. The van der Waals surface area contributed by atoms with Crippen LogP contribution in [0.25, 0.3) is 21.3 Å². The van der Waals surface area contributed by atoms with Gasteiger partial charge in [-0.25, -0.2) is 4.98 Å². The van der Waals surface area contributed by atoms with Crippen molar-refractivity contribution < 1.29 is 38.6 Å². The third kappa shape index (κ3) is 12.1. The summed E-state index contributed by atoms with van der Waals surface area (Å²) in [6, 6.07) is 18.6. The second-order valence-electron chi connectivity index (χ2n) is 22.9. The van der Waals surface area contributed by atoms with Crippen LogP contribution in [0.3, 0.4) is 0 Å². The highest BCUT2D eigenvalue weighted by molar-refractivity contribution is 7.13. The summed E-state index contributed by atoms with van der Waals surface area (Å²) in [6.07, 6.45) is 2.35. The minimum Gasteiger partial charge on any atom is -0.391 e.